The minimum atomic E-state index is -0.882. The summed E-state index contributed by atoms with van der Waals surface area (Å²) in [6.07, 6.45) is 6.55. The first-order chi connectivity index (χ1) is 4.79. The number of hydrogen-bond acceptors (Lipinski definition) is 1. The molecule has 0 bridgehead atoms. The molecule has 0 aromatic rings. The van der Waals surface area contributed by atoms with Crippen LogP contribution in [-0.4, -0.2) is 12.4 Å². The number of hydrogen-bond donors (Lipinski definition) is 0. The molecule has 0 aromatic carbocycles. The lowest BCUT2D eigenvalue weighted by atomic mass is 10.1. The molecule has 0 spiro atoms. The maximum atomic E-state index is 10.5. The van der Waals surface area contributed by atoms with Gasteiger partial charge in [0.2, 0.25) is 0 Å². The van der Waals surface area contributed by atoms with Gasteiger partial charge in [0, 0.05) is 0 Å². The molecule has 0 aromatic heterocycles. The average Bonchev–Trinajstić information content (AvgIpc) is 1.88. The first-order valence-corrected chi connectivity index (χ1v) is 3.77. The molecule has 1 aliphatic carbocycles. The molecule has 2 heteroatoms. The molecule has 1 aliphatic rings. The van der Waals surface area contributed by atoms with E-state index in [0.717, 1.165) is 19.3 Å². The Labute approximate surface area is 61.5 Å². The highest BCUT2D eigenvalue weighted by Crippen LogP contribution is 2.14. The zero-order valence-electron chi connectivity index (χ0n) is 6.25. The molecule has 0 aliphatic heterocycles. The molecule has 0 fully saturated rings. The van der Waals surface area contributed by atoms with Crippen LogP contribution < -0.4 is 0 Å². The minimum Gasteiger partial charge on any atom is -0.343 e. The fourth-order valence-electron chi connectivity index (χ4n) is 1.14. The summed E-state index contributed by atoms with van der Waals surface area (Å²) in [5.74, 6) is 0. The van der Waals surface area contributed by atoms with Gasteiger partial charge in [0.15, 0.2) is 6.29 Å². The molecule has 2 nitrogen and oxygen atoms in total. The lowest BCUT2D eigenvalue weighted by Crippen LogP contribution is -2.17. The first kappa shape index (κ1) is 7.76. The second kappa shape index (κ2) is 3.74. The van der Waals surface area contributed by atoms with Gasteiger partial charge in [-0.1, -0.05) is 12.2 Å². The van der Waals surface area contributed by atoms with E-state index < -0.39 is 6.29 Å². The van der Waals surface area contributed by atoms with E-state index in [-0.39, 0.29) is 6.10 Å². The van der Waals surface area contributed by atoms with Gasteiger partial charge in [-0.3, -0.25) is 0 Å². The van der Waals surface area contributed by atoms with Crippen molar-refractivity contribution >= 4 is 0 Å². The highest BCUT2D eigenvalue weighted by Gasteiger charge is 2.10. The van der Waals surface area contributed by atoms with E-state index in [9.17, 15) is 5.11 Å². The Morgan fingerprint density at radius 1 is 1.70 bits per heavy atom. The Morgan fingerprint density at radius 2 is 2.50 bits per heavy atom. The van der Waals surface area contributed by atoms with Gasteiger partial charge in [-0.25, -0.2) is 5.11 Å². The van der Waals surface area contributed by atoms with Gasteiger partial charge < -0.3 is 4.74 Å². The van der Waals surface area contributed by atoms with Crippen LogP contribution in [0.4, 0.5) is 0 Å². The summed E-state index contributed by atoms with van der Waals surface area (Å²) in [7, 11) is 0. The van der Waals surface area contributed by atoms with Crippen molar-refractivity contribution in [3.8, 4) is 0 Å². The minimum absolute atomic E-state index is 0.0845. The van der Waals surface area contributed by atoms with E-state index in [4.69, 9.17) is 4.74 Å². The molecule has 10 heavy (non-hydrogen) atoms. The van der Waals surface area contributed by atoms with Crippen LogP contribution in [0.1, 0.15) is 26.2 Å². The monoisotopic (exact) mass is 141 g/mol. The first-order valence-electron chi connectivity index (χ1n) is 3.77. The van der Waals surface area contributed by atoms with Crippen LogP contribution in [0.3, 0.4) is 0 Å². The summed E-state index contributed by atoms with van der Waals surface area (Å²) < 4.78 is 5.05. The average molecular weight is 141 g/mol. The zero-order valence-corrected chi connectivity index (χ0v) is 6.25. The third-order valence-electron chi connectivity index (χ3n) is 1.58. The van der Waals surface area contributed by atoms with E-state index in [1.165, 1.54) is 6.92 Å². The molecule has 57 valence electrons. The van der Waals surface area contributed by atoms with Crippen molar-refractivity contribution in [2.75, 3.05) is 0 Å². The summed E-state index contributed by atoms with van der Waals surface area (Å²) in [4.78, 5) is 0. The molecule has 0 saturated carbocycles. The summed E-state index contributed by atoms with van der Waals surface area (Å²) >= 11 is 0. The van der Waals surface area contributed by atoms with Crippen LogP contribution in [-0.2, 0) is 9.84 Å². The highest BCUT2D eigenvalue weighted by molar-refractivity contribution is 4.94. The zero-order chi connectivity index (χ0) is 7.40. The molecule has 0 N–H and O–H groups in total. The van der Waals surface area contributed by atoms with Gasteiger partial charge in [0.1, 0.15) is 0 Å². The molecule has 0 heterocycles. The number of allylic oxidation sites excluding steroid dienone is 1. The van der Waals surface area contributed by atoms with Gasteiger partial charge >= 0.3 is 0 Å². The number of rotatable bonds is 2. The van der Waals surface area contributed by atoms with Crippen molar-refractivity contribution in [1.82, 2.24) is 0 Å². The molecular weight excluding hydrogens is 128 g/mol. The van der Waals surface area contributed by atoms with E-state index >= 15 is 0 Å². The maximum absolute atomic E-state index is 10.5. The van der Waals surface area contributed by atoms with Gasteiger partial charge in [0.05, 0.1) is 6.10 Å². The highest BCUT2D eigenvalue weighted by atomic mass is 16.6. The van der Waals surface area contributed by atoms with E-state index in [1.54, 1.807) is 0 Å². The Bertz CT molecular complexity index is 118. The van der Waals surface area contributed by atoms with Crippen molar-refractivity contribution in [3.05, 3.63) is 12.2 Å². The molecule has 0 saturated heterocycles. The third kappa shape index (κ3) is 2.50. The van der Waals surface area contributed by atoms with E-state index in [0.29, 0.717) is 0 Å². The summed E-state index contributed by atoms with van der Waals surface area (Å²) in [6, 6.07) is 0. The Morgan fingerprint density at radius 3 is 3.00 bits per heavy atom. The molecule has 1 rings (SSSR count). The molecule has 1 radical (unpaired) electrons. The second-order valence-corrected chi connectivity index (χ2v) is 2.60. The number of ether oxygens (including phenoxy) is 1. The van der Waals surface area contributed by atoms with Crippen LogP contribution in [0.2, 0.25) is 0 Å². The van der Waals surface area contributed by atoms with Crippen molar-refractivity contribution in [3.63, 3.8) is 0 Å². The van der Waals surface area contributed by atoms with Crippen molar-refractivity contribution in [2.24, 2.45) is 0 Å². The van der Waals surface area contributed by atoms with Gasteiger partial charge in [-0.15, -0.1) is 0 Å². The predicted molar refractivity (Wildman–Crippen MR) is 38.0 cm³/mol. The predicted octanol–water partition coefficient (Wildman–Crippen LogP) is 1.89. The van der Waals surface area contributed by atoms with Crippen molar-refractivity contribution < 1.29 is 9.84 Å². The fourth-order valence-corrected chi connectivity index (χ4v) is 1.14. The van der Waals surface area contributed by atoms with Crippen LogP contribution in [0.5, 0.6) is 0 Å². The molecule has 0 amide bonds. The Kier molecular flexibility index (Phi) is 2.90. The standard InChI is InChI=1S/C8H13O2/c1-7(9)10-8-5-3-2-4-6-8/h3,5,7-8H,2,4,6H2,1H3. The van der Waals surface area contributed by atoms with Crippen LogP contribution in [0, 0.1) is 0 Å². The van der Waals surface area contributed by atoms with Crippen molar-refractivity contribution in [2.45, 2.75) is 38.6 Å². The van der Waals surface area contributed by atoms with Crippen molar-refractivity contribution in [1.29, 1.82) is 0 Å². The smallest absolute Gasteiger partial charge is 0.189 e. The summed E-state index contributed by atoms with van der Waals surface area (Å²) in [5.41, 5.74) is 0. The summed E-state index contributed by atoms with van der Waals surface area (Å²) in [5, 5.41) is 10.5. The van der Waals surface area contributed by atoms with Crippen LogP contribution in [0.15, 0.2) is 12.2 Å². The van der Waals surface area contributed by atoms with Crippen LogP contribution >= 0.6 is 0 Å². The molecule has 2 atom stereocenters. The quantitative estimate of drug-likeness (QED) is 0.426. The second-order valence-electron chi connectivity index (χ2n) is 2.60. The maximum Gasteiger partial charge on any atom is 0.189 e. The Balaban J connectivity index is 2.26. The molecule has 2 unspecified atom stereocenters. The molecular formula is C8H13O2. The van der Waals surface area contributed by atoms with E-state index in [1.807, 2.05) is 6.08 Å². The van der Waals surface area contributed by atoms with E-state index in [2.05, 4.69) is 6.08 Å². The van der Waals surface area contributed by atoms with Crippen LogP contribution in [0.25, 0.3) is 0 Å². The fraction of sp³-hybridized carbons (Fsp3) is 0.750. The normalized spacial score (nSPS) is 28.4. The third-order valence-corrected chi connectivity index (χ3v) is 1.58. The lowest BCUT2D eigenvalue weighted by Gasteiger charge is -2.17. The van der Waals surface area contributed by atoms with Gasteiger partial charge in [0.25, 0.3) is 0 Å². The van der Waals surface area contributed by atoms with Gasteiger partial charge in [-0.2, -0.15) is 0 Å². The Hall–Kier alpha value is -0.340. The summed E-state index contributed by atoms with van der Waals surface area (Å²) in [6.45, 7) is 1.53. The van der Waals surface area contributed by atoms with Gasteiger partial charge in [-0.05, 0) is 26.2 Å². The largest absolute Gasteiger partial charge is 0.343 e. The lowest BCUT2D eigenvalue weighted by molar-refractivity contribution is -0.148. The topological polar surface area (TPSA) is 29.1 Å². The SMILES string of the molecule is CC([O])OC1C=CCCC1.